The minimum absolute atomic E-state index is 0.132. The van der Waals surface area contributed by atoms with E-state index in [0.717, 1.165) is 21.5 Å². The highest BCUT2D eigenvalue weighted by Gasteiger charge is 2.38. The Morgan fingerprint density at radius 1 is 1.17 bits per heavy atom. The summed E-state index contributed by atoms with van der Waals surface area (Å²) in [5, 5.41) is 6.99. The third kappa shape index (κ3) is 3.50. The van der Waals surface area contributed by atoms with Crippen molar-refractivity contribution in [3.05, 3.63) is 41.5 Å². The van der Waals surface area contributed by atoms with E-state index in [0.29, 0.717) is 18.9 Å². The number of halogens is 3. The molecule has 8 nitrogen and oxygen atoms in total. The van der Waals surface area contributed by atoms with Gasteiger partial charge in [0.25, 0.3) is 10.0 Å². The zero-order valence-corrected chi connectivity index (χ0v) is 16.6. The van der Waals surface area contributed by atoms with E-state index < -0.39 is 26.9 Å². The van der Waals surface area contributed by atoms with Gasteiger partial charge in [0, 0.05) is 32.4 Å². The molecule has 4 heterocycles. The Hall–Kier alpha value is -2.47. The lowest BCUT2D eigenvalue weighted by Crippen LogP contribution is -2.38. The smallest absolute Gasteiger partial charge is 0.255 e. The van der Waals surface area contributed by atoms with E-state index >= 15 is 0 Å². The topological polar surface area (TPSA) is 85.4 Å². The van der Waals surface area contributed by atoms with E-state index in [9.17, 15) is 21.6 Å². The molecule has 3 aromatic rings. The van der Waals surface area contributed by atoms with Crippen LogP contribution in [0.2, 0.25) is 0 Å². The summed E-state index contributed by atoms with van der Waals surface area (Å²) in [6.45, 7) is 2.41. The van der Waals surface area contributed by atoms with Gasteiger partial charge in [-0.05, 0) is 42.9 Å². The fourth-order valence-electron chi connectivity index (χ4n) is 3.77. The predicted octanol–water partition coefficient (Wildman–Crippen LogP) is 2.36. The SMILES string of the molecule is Cc1cc2ncnn2cc1C1CCN(S(=O)(=O)c2cc(C(F)(F)F)nn2C)CC1. The number of fused-ring (bicyclic) bond motifs is 1. The number of rotatable bonds is 3. The minimum Gasteiger partial charge on any atom is -0.255 e. The molecule has 0 unspecified atom stereocenters. The van der Waals surface area contributed by atoms with Crippen molar-refractivity contribution in [2.75, 3.05) is 13.1 Å². The number of pyridine rings is 1. The maximum absolute atomic E-state index is 12.9. The van der Waals surface area contributed by atoms with E-state index in [1.807, 2.05) is 19.2 Å². The number of piperidine rings is 1. The minimum atomic E-state index is -4.70. The van der Waals surface area contributed by atoms with Crippen LogP contribution in [0.15, 0.2) is 29.7 Å². The van der Waals surface area contributed by atoms with Crippen LogP contribution in [0.4, 0.5) is 13.2 Å². The summed E-state index contributed by atoms with van der Waals surface area (Å²) in [4.78, 5) is 4.15. The van der Waals surface area contributed by atoms with Crippen LogP contribution in [0.5, 0.6) is 0 Å². The molecule has 29 heavy (non-hydrogen) atoms. The van der Waals surface area contributed by atoms with E-state index in [4.69, 9.17) is 0 Å². The molecule has 12 heteroatoms. The first-order valence-corrected chi connectivity index (χ1v) is 10.4. The Morgan fingerprint density at radius 3 is 2.48 bits per heavy atom. The monoisotopic (exact) mass is 428 g/mol. The highest BCUT2D eigenvalue weighted by Crippen LogP contribution is 2.34. The lowest BCUT2D eigenvalue weighted by atomic mass is 9.89. The third-order valence-corrected chi connectivity index (χ3v) is 7.24. The molecule has 1 fully saturated rings. The number of sulfonamides is 1. The lowest BCUT2D eigenvalue weighted by Gasteiger charge is -2.31. The van der Waals surface area contributed by atoms with Crippen molar-refractivity contribution in [3.63, 3.8) is 0 Å². The lowest BCUT2D eigenvalue weighted by molar-refractivity contribution is -0.141. The molecule has 0 N–H and O–H groups in total. The quantitative estimate of drug-likeness (QED) is 0.639. The highest BCUT2D eigenvalue weighted by atomic mass is 32.2. The summed E-state index contributed by atoms with van der Waals surface area (Å²) >= 11 is 0. The summed E-state index contributed by atoms with van der Waals surface area (Å²) < 4.78 is 68.1. The van der Waals surface area contributed by atoms with Gasteiger partial charge in [0.05, 0.1) is 0 Å². The Bertz CT molecular complexity index is 1160. The Labute approximate surface area is 165 Å². The highest BCUT2D eigenvalue weighted by molar-refractivity contribution is 7.89. The predicted molar refractivity (Wildman–Crippen MR) is 96.7 cm³/mol. The van der Waals surface area contributed by atoms with Crippen molar-refractivity contribution in [2.24, 2.45) is 7.05 Å². The molecule has 156 valence electrons. The maximum atomic E-state index is 12.9. The first-order valence-electron chi connectivity index (χ1n) is 8.98. The number of aromatic nitrogens is 5. The Balaban J connectivity index is 1.54. The molecule has 0 atom stereocenters. The van der Waals surface area contributed by atoms with Crippen LogP contribution >= 0.6 is 0 Å². The van der Waals surface area contributed by atoms with E-state index in [2.05, 4.69) is 15.2 Å². The van der Waals surface area contributed by atoms with Crippen molar-refractivity contribution in [2.45, 2.75) is 36.9 Å². The zero-order valence-electron chi connectivity index (χ0n) is 15.8. The average Bonchev–Trinajstić information content (AvgIpc) is 3.27. The van der Waals surface area contributed by atoms with Crippen molar-refractivity contribution in [1.29, 1.82) is 0 Å². The second kappa shape index (κ2) is 6.80. The van der Waals surface area contributed by atoms with E-state index in [1.54, 1.807) is 4.52 Å². The fraction of sp³-hybridized carbons (Fsp3) is 0.471. The van der Waals surface area contributed by atoms with Gasteiger partial charge in [-0.15, -0.1) is 0 Å². The van der Waals surface area contributed by atoms with Gasteiger partial charge in [-0.1, -0.05) is 0 Å². The van der Waals surface area contributed by atoms with Crippen molar-refractivity contribution in [1.82, 2.24) is 28.7 Å². The van der Waals surface area contributed by atoms with Gasteiger partial charge in [0.15, 0.2) is 16.4 Å². The molecule has 0 saturated carbocycles. The van der Waals surface area contributed by atoms with Gasteiger partial charge >= 0.3 is 6.18 Å². The molecular formula is C17H19F3N6O2S. The first kappa shape index (κ1) is 19.8. The number of hydrogen-bond acceptors (Lipinski definition) is 5. The van der Waals surface area contributed by atoms with Gasteiger partial charge in [-0.25, -0.2) is 17.9 Å². The van der Waals surface area contributed by atoms with E-state index in [-0.39, 0.29) is 19.0 Å². The molecule has 0 amide bonds. The molecule has 3 aromatic heterocycles. The van der Waals surface area contributed by atoms with Crippen molar-refractivity contribution < 1.29 is 21.6 Å². The summed E-state index contributed by atoms with van der Waals surface area (Å²) in [7, 11) is -2.87. The van der Waals surface area contributed by atoms with Crippen LogP contribution in [-0.4, -0.2) is 50.2 Å². The molecule has 0 bridgehead atoms. The summed E-state index contributed by atoms with van der Waals surface area (Å²) in [6, 6.07) is 2.52. The zero-order chi connectivity index (χ0) is 21.0. The van der Waals surface area contributed by atoms with Crippen LogP contribution in [0, 0.1) is 6.92 Å². The number of aryl methyl sites for hydroxylation is 2. The second-order valence-electron chi connectivity index (χ2n) is 7.14. The van der Waals surface area contributed by atoms with Crippen LogP contribution < -0.4 is 0 Å². The first-order chi connectivity index (χ1) is 13.6. The fourth-order valence-corrected chi connectivity index (χ4v) is 5.36. The molecule has 1 aliphatic heterocycles. The van der Waals surface area contributed by atoms with Crippen LogP contribution in [0.1, 0.15) is 35.6 Å². The molecule has 0 aromatic carbocycles. The Kier molecular flexibility index (Phi) is 4.65. The normalized spacial score (nSPS) is 17.3. The number of hydrogen-bond donors (Lipinski definition) is 0. The van der Waals surface area contributed by atoms with Gasteiger partial charge < -0.3 is 0 Å². The van der Waals surface area contributed by atoms with Gasteiger partial charge in [-0.3, -0.25) is 4.68 Å². The molecule has 1 aliphatic rings. The molecule has 4 rings (SSSR count). The molecule has 1 saturated heterocycles. The number of alkyl halides is 3. The van der Waals surface area contributed by atoms with Crippen LogP contribution in [0.3, 0.4) is 0 Å². The molecular weight excluding hydrogens is 409 g/mol. The van der Waals surface area contributed by atoms with Gasteiger partial charge in [0.2, 0.25) is 0 Å². The standard InChI is InChI=1S/C17H19F3N6O2S/c1-11-7-15-21-10-22-26(15)9-13(11)12-3-5-25(6-4-12)29(27,28)16-8-14(17(18,19)20)23-24(16)2/h7-10,12H,3-6H2,1-2H3. The summed E-state index contributed by atoms with van der Waals surface area (Å²) in [5.74, 6) is 0.132. The van der Waals surface area contributed by atoms with Gasteiger partial charge in [0.1, 0.15) is 6.33 Å². The number of nitrogens with zero attached hydrogens (tertiary/aromatic N) is 6. The Morgan fingerprint density at radius 2 is 1.86 bits per heavy atom. The largest absolute Gasteiger partial charge is 0.435 e. The van der Waals surface area contributed by atoms with Crippen molar-refractivity contribution in [3.8, 4) is 0 Å². The summed E-state index contributed by atoms with van der Waals surface area (Å²) in [5.41, 5.74) is 1.64. The second-order valence-corrected chi connectivity index (χ2v) is 9.03. The summed E-state index contributed by atoms with van der Waals surface area (Å²) in [6.07, 6.45) is -0.204. The van der Waals surface area contributed by atoms with E-state index in [1.165, 1.54) is 17.7 Å². The molecule has 0 aliphatic carbocycles. The average molecular weight is 428 g/mol. The third-order valence-electron chi connectivity index (χ3n) is 5.29. The maximum Gasteiger partial charge on any atom is 0.435 e. The van der Waals surface area contributed by atoms with Gasteiger partial charge in [-0.2, -0.15) is 27.7 Å². The molecule has 0 spiro atoms. The van der Waals surface area contributed by atoms with Crippen LogP contribution in [0.25, 0.3) is 5.65 Å². The van der Waals surface area contributed by atoms with Crippen molar-refractivity contribution >= 4 is 15.7 Å². The molecule has 0 radical (unpaired) electrons. The van der Waals surface area contributed by atoms with Crippen LogP contribution in [-0.2, 0) is 23.2 Å².